The molecule has 0 spiro atoms. The van der Waals surface area contributed by atoms with Gasteiger partial charge in [-0.1, -0.05) is 66.7 Å². The fourth-order valence-electron chi connectivity index (χ4n) is 4.00. The number of nitrogens with zero attached hydrogens (tertiary/aromatic N) is 1. The molecule has 1 atom stereocenters. The van der Waals surface area contributed by atoms with E-state index in [2.05, 4.69) is 0 Å². The van der Waals surface area contributed by atoms with Crippen molar-refractivity contribution in [2.24, 2.45) is 0 Å². The highest BCUT2D eigenvalue weighted by Crippen LogP contribution is 2.33. The Morgan fingerprint density at radius 2 is 1.71 bits per heavy atom. The van der Waals surface area contributed by atoms with Gasteiger partial charge in [-0.15, -0.1) is 0 Å². The van der Waals surface area contributed by atoms with Crippen molar-refractivity contribution in [2.75, 3.05) is 26.4 Å². The van der Waals surface area contributed by atoms with Crippen LogP contribution in [0.25, 0.3) is 0 Å². The van der Waals surface area contributed by atoms with Gasteiger partial charge >= 0.3 is 0 Å². The number of benzene rings is 3. The third-order valence-corrected chi connectivity index (χ3v) is 5.57. The second kappa shape index (κ2) is 9.54. The van der Waals surface area contributed by atoms with E-state index >= 15 is 0 Å². The molecule has 3 aromatic carbocycles. The average molecular weight is 421 g/mol. The second-order valence-corrected chi connectivity index (χ2v) is 7.80. The van der Waals surface area contributed by atoms with Crippen LogP contribution in [0.2, 0.25) is 0 Å². The van der Waals surface area contributed by atoms with Gasteiger partial charge in [0.1, 0.15) is 8.82 Å². The van der Waals surface area contributed by atoms with E-state index in [-0.39, 0.29) is 24.1 Å². The molecule has 2 aliphatic heterocycles. The van der Waals surface area contributed by atoms with Crippen LogP contribution in [0, 0.1) is 0 Å². The highest BCUT2D eigenvalue weighted by Gasteiger charge is 2.25. The fraction of sp³-hybridized carbons (Fsp3) is 0.333. The Kier molecular flexibility index (Phi) is 4.64. The maximum Gasteiger partial charge on any atom is 0.231 e. The van der Waals surface area contributed by atoms with Gasteiger partial charge in [-0.2, -0.15) is 0 Å². The first kappa shape index (κ1) is 15.1. The van der Waals surface area contributed by atoms with Gasteiger partial charge in [0.15, 0.2) is 11.5 Å². The number of likely N-dealkylation sites (tertiary alicyclic amines) is 1. The molecule has 3 aromatic rings. The maximum absolute atomic E-state index is 9.35. The molecular formula is C27H29NO3. The van der Waals surface area contributed by atoms with Gasteiger partial charge in [0.25, 0.3) is 0 Å². The van der Waals surface area contributed by atoms with Crippen molar-refractivity contribution in [2.45, 2.75) is 31.4 Å². The molecule has 1 saturated heterocycles. The molecule has 0 N–H and O–H groups in total. The summed E-state index contributed by atoms with van der Waals surface area (Å²) >= 11 is 0. The lowest BCUT2D eigenvalue weighted by Gasteiger charge is -2.35. The van der Waals surface area contributed by atoms with E-state index in [1.54, 1.807) is 12.1 Å². The van der Waals surface area contributed by atoms with Crippen LogP contribution in [0.1, 0.15) is 42.5 Å². The summed E-state index contributed by atoms with van der Waals surface area (Å²) in [5, 5.41) is 0. The molecule has 2 heterocycles. The van der Waals surface area contributed by atoms with Crippen LogP contribution in [0.15, 0.2) is 78.9 Å². The number of rotatable bonds is 7. The zero-order valence-corrected chi connectivity index (χ0v) is 17.3. The molecule has 31 heavy (non-hydrogen) atoms. The summed E-state index contributed by atoms with van der Waals surface area (Å²) < 4.78 is 58.8. The van der Waals surface area contributed by atoms with Gasteiger partial charge in [-0.05, 0) is 54.6 Å². The second-order valence-electron chi connectivity index (χ2n) is 7.80. The Morgan fingerprint density at radius 3 is 2.45 bits per heavy atom. The van der Waals surface area contributed by atoms with Crippen LogP contribution in [0.5, 0.6) is 11.5 Å². The van der Waals surface area contributed by atoms with Crippen LogP contribution in [0.4, 0.5) is 0 Å². The SMILES string of the molecule is [2H]C1([2H])Oc2ccc(C([2H])([2H])CN3CCC[C@@H](OC([2H])(c4ccccc4)c4ccccc4)C3)cc2O1. The number of fused-ring (bicyclic) bond motifs is 1. The number of hydrogen-bond donors (Lipinski definition) is 0. The van der Waals surface area contributed by atoms with E-state index < -0.39 is 19.2 Å². The van der Waals surface area contributed by atoms with Crippen LogP contribution < -0.4 is 9.47 Å². The zero-order valence-electron chi connectivity index (χ0n) is 22.3. The monoisotopic (exact) mass is 420 g/mol. The molecule has 1 fully saturated rings. The standard InChI is InChI=1S/C27H29NO3/c1-3-8-22(9-4-1)27(23-10-5-2-6-11-23)31-24-12-7-16-28(19-24)17-15-21-13-14-25-26(18-21)30-20-29-25/h1-6,8-11,13-14,18,24,27H,7,12,15-17,19-20H2/t24-/m1/s1/i15D2,20D2,27D. The Labute approximate surface area is 191 Å². The molecule has 0 amide bonds. The van der Waals surface area contributed by atoms with Crippen molar-refractivity contribution in [1.29, 1.82) is 0 Å². The lowest BCUT2D eigenvalue weighted by Crippen LogP contribution is -2.41. The first-order valence-electron chi connectivity index (χ1n) is 13.2. The van der Waals surface area contributed by atoms with Gasteiger partial charge in [-0.3, -0.25) is 0 Å². The van der Waals surface area contributed by atoms with Crippen molar-refractivity contribution < 1.29 is 21.1 Å². The summed E-state index contributed by atoms with van der Waals surface area (Å²) in [5.41, 5.74) is 1.90. The molecule has 0 saturated carbocycles. The van der Waals surface area contributed by atoms with Gasteiger partial charge < -0.3 is 19.1 Å². The summed E-state index contributed by atoms with van der Waals surface area (Å²) in [7, 11) is 0. The Morgan fingerprint density at radius 1 is 1.00 bits per heavy atom. The predicted octanol–water partition coefficient (Wildman–Crippen LogP) is 5.23. The maximum atomic E-state index is 9.35. The quantitative estimate of drug-likeness (QED) is 0.524. The normalized spacial score (nSPS) is 23.2. The minimum Gasteiger partial charge on any atom is -0.454 e. The van der Waals surface area contributed by atoms with E-state index in [1.165, 1.54) is 6.07 Å². The van der Waals surface area contributed by atoms with Crippen molar-refractivity contribution in [1.82, 2.24) is 4.90 Å². The Hall–Kier alpha value is -2.82. The van der Waals surface area contributed by atoms with E-state index in [9.17, 15) is 1.37 Å². The summed E-state index contributed by atoms with van der Waals surface area (Å²) in [6.45, 7) is -0.868. The molecule has 0 aromatic heterocycles. The molecule has 4 heteroatoms. The largest absolute Gasteiger partial charge is 0.454 e. The predicted molar refractivity (Wildman–Crippen MR) is 122 cm³/mol. The van der Waals surface area contributed by atoms with E-state index in [0.29, 0.717) is 12.1 Å². The topological polar surface area (TPSA) is 30.9 Å². The smallest absolute Gasteiger partial charge is 0.231 e. The van der Waals surface area contributed by atoms with Crippen LogP contribution in [-0.4, -0.2) is 37.4 Å². The molecule has 0 aliphatic carbocycles. The molecule has 4 nitrogen and oxygen atoms in total. The molecule has 0 radical (unpaired) electrons. The van der Waals surface area contributed by atoms with Crippen molar-refractivity contribution in [3.05, 3.63) is 95.6 Å². The first-order chi connectivity index (χ1) is 17.1. The fourth-order valence-corrected chi connectivity index (χ4v) is 4.00. The van der Waals surface area contributed by atoms with Crippen molar-refractivity contribution >= 4 is 0 Å². The van der Waals surface area contributed by atoms with E-state index in [0.717, 1.165) is 30.5 Å². The highest BCUT2D eigenvalue weighted by atomic mass is 16.7. The summed E-state index contributed by atoms with van der Waals surface area (Å²) in [5.74, 6) is 0.463. The third kappa shape index (κ3) is 4.92. The van der Waals surface area contributed by atoms with Crippen LogP contribution >= 0.6 is 0 Å². The Bertz CT molecular complexity index is 1150. The van der Waals surface area contributed by atoms with E-state index in [1.807, 2.05) is 65.6 Å². The lowest BCUT2D eigenvalue weighted by molar-refractivity contribution is -0.0330. The first-order valence-corrected chi connectivity index (χ1v) is 10.7. The molecule has 0 bridgehead atoms. The molecule has 160 valence electrons. The molecule has 5 rings (SSSR count). The lowest BCUT2D eigenvalue weighted by atomic mass is 10.00. The molecular weight excluding hydrogens is 386 g/mol. The van der Waals surface area contributed by atoms with Gasteiger partial charge in [0, 0.05) is 15.8 Å². The summed E-state index contributed by atoms with van der Waals surface area (Å²) in [6, 6.07) is 23.8. The minimum atomic E-state index is -2.24. The molecule has 2 aliphatic rings. The Balaban J connectivity index is 1.31. The number of ether oxygens (including phenoxy) is 3. The van der Waals surface area contributed by atoms with Crippen LogP contribution in [0.3, 0.4) is 0 Å². The van der Waals surface area contributed by atoms with Crippen molar-refractivity contribution in [3.8, 4) is 11.5 Å². The van der Waals surface area contributed by atoms with E-state index in [4.69, 9.17) is 19.7 Å². The summed E-state index contributed by atoms with van der Waals surface area (Å²) in [4.78, 5) is 2.04. The average Bonchev–Trinajstić information content (AvgIpc) is 3.18. The number of piperidine rings is 1. The van der Waals surface area contributed by atoms with Crippen molar-refractivity contribution in [3.63, 3.8) is 0 Å². The number of hydrogen-bond acceptors (Lipinski definition) is 4. The third-order valence-electron chi connectivity index (χ3n) is 5.57. The highest BCUT2D eigenvalue weighted by molar-refractivity contribution is 5.44. The van der Waals surface area contributed by atoms with Gasteiger partial charge in [0.2, 0.25) is 6.75 Å². The van der Waals surface area contributed by atoms with Crippen LogP contribution in [-0.2, 0) is 11.1 Å². The molecule has 0 unspecified atom stereocenters. The van der Waals surface area contributed by atoms with Gasteiger partial charge in [-0.25, -0.2) is 0 Å². The summed E-state index contributed by atoms with van der Waals surface area (Å²) in [6.07, 6.45) is -1.69. The van der Waals surface area contributed by atoms with Gasteiger partial charge in [0.05, 0.1) is 7.47 Å². The zero-order chi connectivity index (χ0) is 25.4. The minimum absolute atomic E-state index is 0.140.